The van der Waals surface area contributed by atoms with E-state index in [1.807, 2.05) is 37.6 Å². The lowest BCUT2D eigenvalue weighted by molar-refractivity contribution is -0.116. The highest BCUT2D eigenvalue weighted by molar-refractivity contribution is 5.90. The van der Waals surface area contributed by atoms with Gasteiger partial charge in [-0.15, -0.1) is 0 Å². The Morgan fingerprint density at radius 1 is 1.23 bits per heavy atom. The number of aryl methyl sites for hydroxylation is 1. The smallest absolute Gasteiger partial charge is 0.225 e. The van der Waals surface area contributed by atoms with Gasteiger partial charge in [0.15, 0.2) is 0 Å². The summed E-state index contributed by atoms with van der Waals surface area (Å²) in [7, 11) is 1.91. The van der Waals surface area contributed by atoms with Crippen molar-refractivity contribution in [2.75, 3.05) is 38.2 Å². The summed E-state index contributed by atoms with van der Waals surface area (Å²) in [6, 6.07) is 7.97. The van der Waals surface area contributed by atoms with Crippen LogP contribution >= 0.6 is 0 Å². The van der Waals surface area contributed by atoms with Crippen molar-refractivity contribution in [2.24, 2.45) is 7.05 Å². The van der Waals surface area contributed by atoms with E-state index in [1.165, 1.54) is 0 Å². The molecule has 7 heteroatoms. The second-order valence-corrected chi connectivity index (χ2v) is 6.58. The van der Waals surface area contributed by atoms with Gasteiger partial charge in [-0.05, 0) is 17.7 Å². The fraction of sp³-hybridized carbons (Fsp3) is 0.474. The van der Waals surface area contributed by atoms with Crippen LogP contribution in [0.2, 0.25) is 0 Å². The van der Waals surface area contributed by atoms with Gasteiger partial charge in [-0.2, -0.15) is 5.10 Å². The van der Waals surface area contributed by atoms with Gasteiger partial charge in [0.2, 0.25) is 5.91 Å². The molecule has 140 valence electrons. The zero-order valence-corrected chi connectivity index (χ0v) is 15.3. The molecular formula is C19H27N5O2. The summed E-state index contributed by atoms with van der Waals surface area (Å²) in [4.78, 5) is 14.4. The topological polar surface area (TPSA) is 71.4 Å². The highest BCUT2D eigenvalue weighted by Crippen LogP contribution is 2.11. The minimum absolute atomic E-state index is 0.0527. The number of aromatic nitrogens is 2. The second-order valence-electron chi connectivity index (χ2n) is 6.58. The van der Waals surface area contributed by atoms with Gasteiger partial charge in [-0.3, -0.25) is 14.4 Å². The Kier molecular flexibility index (Phi) is 6.76. The van der Waals surface area contributed by atoms with Crippen LogP contribution in [0.3, 0.4) is 0 Å². The van der Waals surface area contributed by atoms with Crippen molar-refractivity contribution in [1.29, 1.82) is 0 Å². The second kappa shape index (κ2) is 9.47. The first-order valence-corrected chi connectivity index (χ1v) is 9.06. The van der Waals surface area contributed by atoms with E-state index in [-0.39, 0.29) is 5.91 Å². The molecule has 0 saturated carbocycles. The van der Waals surface area contributed by atoms with Gasteiger partial charge in [-0.1, -0.05) is 12.1 Å². The minimum atomic E-state index is 0.0527. The fourth-order valence-corrected chi connectivity index (χ4v) is 2.98. The Hall–Kier alpha value is -2.22. The van der Waals surface area contributed by atoms with Crippen molar-refractivity contribution in [2.45, 2.75) is 19.5 Å². The number of amides is 1. The molecule has 0 atom stereocenters. The lowest BCUT2D eigenvalue weighted by Crippen LogP contribution is -2.38. The number of rotatable bonds is 8. The monoisotopic (exact) mass is 357 g/mol. The van der Waals surface area contributed by atoms with E-state index in [0.717, 1.165) is 62.8 Å². The number of benzene rings is 1. The van der Waals surface area contributed by atoms with Crippen LogP contribution in [0.25, 0.3) is 0 Å². The van der Waals surface area contributed by atoms with E-state index in [9.17, 15) is 4.79 Å². The third-order valence-electron chi connectivity index (χ3n) is 4.39. The molecule has 0 bridgehead atoms. The molecule has 1 aromatic carbocycles. The molecule has 0 unspecified atom stereocenters. The molecule has 1 aromatic heterocycles. The summed E-state index contributed by atoms with van der Waals surface area (Å²) < 4.78 is 7.12. The Morgan fingerprint density at radius 2 is 2.04 bits per heavy atom. The number of ether oxygens (including phenoxy) is 1. The zero-order valence-electron chi connectivity index (χ0n) is 15.3. The zero-order chi connectivity index (χ0) is 18.2. The van der Waals surface area contributed by atoms with Crippen LogP contribution in [0.1, 0.15) is 17.5 Å². The van der Waals surface area contributed by atoms with Crippen LogP contribution in [0, 0.1) is 0 Å². The number of carbonyl (C=O) groups is 1. The summed E-state index contributed by atoms with van der Waals surface area (Å²) >= 11 is 0. The Morgan fingerprint density at radius 3 is 2.81 bits per heavy atom. The maximum Gasteiger partial charge on any atom is 0.225 e. The first-order chi connectivity index (χ1) is 12.7. The first-order valence-electron chi connectivity index (χ1n) is 9.06. The molecule has 1 amide bonds. The van der Waals surface area contributed by atoms with Crippen LogP contribution in [-0.2, 0) is 29.7 Å². The highest BCUT2D eigenvalue weighted by atomic mass is 16.5. The molecular weight excluding hydrogens is 330 g/mol. The maximum atomic E-state index is 12.2. The summed E-state index contributed by atoms with van der Waals surface area (Å²) in [5.74, 6) is 0.0527. The molecule has 1 aliphatic rings. The maximum absolute atomic E-state index is 12.2. The molecule has 0 spiro atoms. The van der Waals surface area contributed by atoms with E-state index < -0.39 is 0 Å². The minimum Gasteiger partial charge on any atom is -0.379 e. The number of hydrogen-bond donors (Lipinski definition) is 2. The van der Waals surface area contributed by atoms with Crippen LogP contribution in [0.15, 0.2) is 36.7 Å². The predicted molar refractivity (Wildman–Crippen MR) is 101 cm³/mol. The quantitative estimate of drug-likeness (QED) is 0.747. The van der Waals surface area contributed by atoms with Crippen molar-refractivity contribution in [1.82, 2.24) is 20.0 Å². The van der Waals surface area contributed by atoms with E-state index in [0.29, 0.717) is 6.42 Å². The van der Waals surface area contributed by atoms with E-state index in [1.54, 1.807) is 4.68 Å². The Balaban J connectivity index is 1.41. The van der Waals surface area contributed by atoms with Crippen LogP contribution in [0.5, 0.6) is 0 Å². The Bertz CT molecular complexity index is 709. The lowest BCUT2D eigenvalue weighted by atomic mass is 10.2. The average Bonchev–Trinajstić information content (AvgIpc) is 3.06. The van der Waals surface area contributed by atoms with Gasteiger partial charge in [0.25, 0.3) is 0 Å². The molecule has 2 N–H and O–H groups in total. The molecule has 0 aliphatic carbocycles. The lowest BCUT2D eigenvalue weighted by Gasteiger charge is -2.26. The number of nitrogens with one attached hydrogen (secondary N) is 2. The van der Waals surface area contributed by atoms with Gasteiger partial charge in [0.05, 0.1) is 19.4 Å². The SMILES string of the molecule is Cn1cc(CNCc2cccc(NC(=O)CCN3CCOCC3)c2)cn1. The summed E-state index contributed by atoms with van der Waals surface area (Å²) in [5.41, 5.74) is 3.14. The highest BCUT2D eigenvalue weighted by Gasteiger charge is 2.12. The normalized spacial score (nSPS) is 15.1. The molecule has 26 heavy (non-hydrogen) atoms. The molecule has 1 aliphatic heterocycles. The first kappa shape index (κ1) is 18.6. The van der Waals surface area contributed by atoms with Gasteiger partial charge >= 0.3 is 0 Å². The molecule has 1 saturated heterocycles. The van der Waals surface area contributed by atoms with Crippen molar-refractivity contribution in [3.8, 4) is 0 Å². The van der Waals surface area contributed by atoms with Gasteiger partial charge < -0.3 is 15.4 Å². The van der Waals surface area contributed by atoms with E-state index >= 15 is 0 Å². The van der Waals surface area contributed by atoms with Crippen LogP contribution in [0.4, 0.5) is 5.69 Å². The third-order valence-corrected chi connectivity index (χ3v) is 4.39. The molecule has 2 heterocycles. The standard InChI is InChI=1S/C19H27N5O2/c1-23-15-17(14-21-23)13-20-12-16-3-2-4-18(11-16)22-19(25)5-6-24-7-9-26-10-8-24/h2-4,11,14-15,20H,5-10,12-13H2,1H3,(H,22,25). The number of anilines is 1. The van der Waals surface area contributed by atoms with Crippen LogP contribution in [-0.4, -0.2) is 53.4 Å². The summed E-state index contributed by atoms with van der Waals surface area (Å²) in [6.45, 7) is 5.63. The largest absolute Gasteiger partial charge is 0.379 e. The van der Waals surface area contributed by atoms with Gasteiger partial charge in [-0.25, -0.2) is 0 Å². The van der Waals surface area contributed by atoms with Crippen molar-refractivity contribution in [3.05, 3.63) is 47.8 Å². The van der Waals surface area contributed by atoms with E-state index in [4.69, 9.17) is 4.74 Å². The number of nitrogens with zero attached hydrogens (tertiary/aromatic N) is 3. The van der Waals surface area contributed by atoms with E-state index in [2.05, 4.69) is 26.7 Å². The average molecular weight is 357 g/mol. The van der Waals surface area contributed by atoms with Crippen LogP contribution < -0.4 is 10.6 Å². The molecule has 1 fully saturated rings. The third kappa shape index (κ3) is 5.94. The molecule has 7 nitrogen and oxygen atoms in total. The molecule has 2 aromatic rings. The number of morpholine rings is 1. The Labute approximate surface area is 154 Å². The van der Waals surface area contributed by atoms with Crippen molar-refractivity contribution in [3.63, 3.8) is 0 Å². The van der Waals surface area contributed by atoms with Gasteiger partial charge in [0, 0.05) is 63.6 Å². The van der Waals surface area contributed by atoms with Crippen molar-refractivity contribution >= 4 is 11.6 Å². The molecule has 3 rings (SSSR count). The molecule has 0 radical (unpaired) electrons. The number of carbonyl (C=O) groups excluding carboxylic acids is 1. The summed E-state index contributed by atoms with van der Waals surface area (Å²) in [6.07, 6.45) is 4.36. The van der Waals surface area contributed by atoms with Crippen molar-refractivity contribution < 1.29 is 9.53 Å². The number of hydrogen-bond acceptors (Lipinski definition) is 5. The fourth-order valence-electron chi connectivity index (χ4n) is 2.98. The summed E-state index contributed by atoms with van der Waals surface area (Å²) in [5, 5.41) is 10.5. The van der Waals surface area contributed by atoms with Gasteiger partial charge in [0.1, 0.15) is 0 Å². The predicted octanol–water partition coefficient (Wildman–Crippen LogP) is 1.37.